The Morgan fingerprint density at radius 1 is 0.765 bits per heavy atom. The van der Waals surface area contributed by atoms with Crippen LogP contribution in [-0.2, 0) is 51.7 Å². The van der Waals surface area contributed by atoms with Gasteiger partial charge in [0.2, 0.25) is 20.0 Å². The maximum absolute atomic E-state index is 13.8. The first-order chi connectivity index (χ1) is 15.9. The van der Waals surface area contributed by atoms with E-state index in [0.717, 1.165) is 28.7 Å². The maximum atomic E-state index is 13.8. The van der Waals surface area contributed by atoms with Crippen LogP contribution in [0.1, 0.15) is 55.5 Å². The first-order valence-electron chi connectivity index (χ1n) is 12.0. The lowest BCUT2D eigenvalue weighted by molar-refractivity contribution is 0.233. The van der Waals surface area contributed by atoms with E-state index in [0.29, 0.717) is 13.0 Å². The third kappa shape index (κ3) is 4.96. The van der Waals surface area contributed by atoms with E-state index >= 15 is 0 Å². The predicted molar refractivity (Wildman–Crippen MR) is 136 cm³/mol. The van der Waals surface area contributed by atoms with Crippen LogP contribution in [0.25, 0.3) is 0 Å². The molecular formula is C26H36N2O4S2. The minimum Gasteiger partial charge on any atom is -0.212 e. The zero-order chi connectivity index (χ0) is 24.8. The summed E-state index contributed by atoms with van der Waals surface area (Å²) in [6, 6.07) is 13.5. The molecule has 2 aromatic rings. The Morgan fingerprint density at radius 2 is 1.32 bits per heavy atom. The number of benzene rings is 2. The van der Waals surface area contributed by atoms with Crippen LogP contribution in [0, 0.1) is 11.8 Å². The Morgan fingerprint density at radius 3 is 1.94 bits per heavy atom. The summed E-state index contributed by atoms with van der Waals surface area (Å²) < 4.78 is 55.8. The minimum atomic E-state index is -3.58. The Balaban J connectivity index is 1.69. The van der Waals surface area contributed by atoms with Gasteiger partial charge < -0.3 is 0 Å². The van der Waals surface area contributed by atoms with Crippen LogP contribution in [0.2, 0.25) is 0 Å². The normalized spacial score (nSPS) is 22.1. The molecule has 0 radical (unpaired) electrons. The summed E-state index contributed by atoms with van der Waals surface area (Å²) in [4.78, 5) is 0. The largest absolute Gasteiger partial charge is 0.218 e. The fourth-order valence-electron chi connectivity index (χ4n) is 5.44. The van der Waals surface area contributed by atoms with E-state index in [-0.39, 0.29) is 36.2 Å². The molecule has 34 heavy (non-hydrogen) atoms. The highest BCUT2D eigenvalue weighted by Crippen LogP contribution is 2.34. The molecule has 2 atom stereocenters. The van der Waals surface area contributed by atoms with Crippen LogP contribution in [0.4, 0.5) is 0 Å². The molecule has 0 bridgehead atoms. The molecule has 0 aliphatic carbocycles. The fourth-order valence-corrected chi connectivity index (χ4v) is 8.52. The van der Waals surface area contributed by atoms with Crippen LogP contribution in [0.15, 0.2) is 42.5 Å². The lowest BCUT2D eigenvalue weighted by Gasteiger charge is -2.39. The summed E-state index contributed by atoms with van der Waals surface area (Å²) in [5, 5.41) is 0. The third-order valence-electron chi connectivity index (χ3n) is 7.38. The summed E-state index contributed by atoms with van der Waals surface area (Å²) in [5.41, 5.74) is 4.98. The molecule has 0 spiro atoms. The number of sulfonamides is 2. The highest BCUT2D eigenvalue weighted by Gasteiger charge is 2.38. The quantitative estimate of drug-likeness (QED) is 0.597. The smallest absolute Gasteiger partial charge is 0.212 e. The van der Waals surface area contributed by atoms with Gasteiger partial charge in [0, 0.05) is 25.2 Å². The van der Waals surface area contributed by atoms with Gasteiger partial charge in [-0.3, -0.25) is 0 Å². The van der Waals surface area contributed by atoms with Crippen LogP contribution in [0.3, 0.4) is 0 Å². The number of hydrogen-bond donors (Lipinski definition) is 0. The summed E-state index contributed by atoms with van der Waals surface area (Å²) >= 11 is 0. The molecule has 4 rings (SSSR count). The summed E-state index contributed by atoms with van der Waals surface area (Å²) in [6.45, 7) is 8.89. The number of hydrogen-bond acceptors (Lipinski definition) is 4. The van der Waals surface area contributed by atoms with E-state index in [4.69, 9.17) is 0 Å². The van der Waals surface area contributed by atoms with E-state index in [9.17, 15) is 16.8 Å². The highest BCUT2D eigenvalue weighted by molar-refractivity contribution is 7.88. The van der Waals surface area contributed by atoms with Crippen LogP contribution in [-0.4, -0.2) is 43.8 Å². The zero-order valence-electron chi connectivity index (χ0n) is 20.7. The topological polar surface area (TPSA) is 74.8 Å². The van der Waals surface area contributed by atoms with Gasteiger partial charge in [0.15, 0.2) is 0 Å². The second kappa shape index (κ2) is 9.37. The van der Waals surface area contributed by atoms with Crippen molar-refractivity contribution in [3.8, 4) is 0 Å². The van der Waals surface area contributed by atoms with Crippen molar-refractivity contribution in [3.63, 3.8) is 0 Å². The van der Waals surface area contributed by atoms with Gasteiger partial charge >= 0.3 is 0 Å². The Labute approximate surface area is 205 Å². The Bertz CT molecular complexity index is 1270. The molecule has 1 unspecified atom stereocenters. The molecule has 6 nitrogen and oxygen atoms in total. The van der Waals surface area contributed by atoms with E-state index in [1.165, 1.54) is 11.8 Å². The van der Waals surface area contributed by atoms with Crippen molar-refractivity contribution < 1.29 is 16.8 Å². The van der Waals surface area contributed by atoms with Crippen molar-refractivity contribution in [2.45, 2.75) is 71.5 Å². The van der Waals surface area contributed by atoms with Crippen molar-refractivity contribution in [2.75, 3.05) is 6.26 Å². The van der Waals surface area contributed by atoms with Crippen molar-refractivity contribution >= 4 is 20.0 Å². The van der Waals surface area contributed by atoms with Crippen molar-refractivity contribution in [1.82, 2.24) is 8.61 Å². The second-order valence-corrected chi connectivity index (χ2v) is 14.3. The molecule has 2 aliphatic rings. The lowest BCUT2D eigenvalue weighted by atomic mass is 9.87. The van der Waals surface area contributed by atoms with Gasteiger partial charge in [-0.2, -0.15) is 8.61 Å². The van der Waals surface area contributed by atoms with E-state index in [1.807, 2.05) is 50.2 Å². The number of nitrogens with zero attached hydrogens (tertiary/aromatic N) is 2. The van der Waals surface area contributed by atoms with Crippen molar-refractivity contribution in [3.05, 3.63) is 70.3 Å². The Hall–Kier alpha value is -1.74. The van der Waals surface area contributed by atoms with E-state index < -0.39 is 20.0 Å². The number of rotatable bonds is 6. The molecule has 0 fully saturated rings. The van der Waals surface area contributed by atoms with Gasteiger partial charge in [-0.15, -0.1) is 0 Å². The monoisotopic (exact) mass is 504 g/mol. The van der Waals surface area contributed by atoms with Crippen LogP contribution < -0.4 is 0 Å². The average Bonchev–Trinajstić information content (AvgIpc) is 2.76. The van der Waals surface area contributed by atoms with Gasteiger partial charge in [0.25, 0.3) is 0 Å². The average molecular weight is 505 g/mol. The van der Waals surface area contributed by atoms with Crippen molar-refractivity contribution in [2.24, 2.45) is 11.8 Å². The van der Waals surface area contributed by atoms with Gasteiger partial charge in [0.05, 0.1) is 12.0 Å². The van der Waals surface area contributed by atoms with Gasteiger partial charge in [-0.05, 0) is 52.5 Å². The standard InChI is InChI=1S/C26H36N2O4S2/c1-18(2)25-13-20-9-6-7-10-21(20)15-28(25)34(31,32)17-23-12-8-11-22-16-27(33(5,29)30)26(19(3)4)14-24(22)23/h6-12,18-19,25-26H,13-17H2,1-5H3/t25-,26?/m0/s1. The van der Waals surface area contributed by atoms with Gasteiger partial charge in [0.1, 0.15) is 0 Å². The molecule has 186 valence electrons. The Kier molecular flexibility index (Phi) is 6.99. The first kappa shape index (κ1) is 25.4. The summed E-state index contributed by atoms with van der Waals surface area (Å²) in [7, 11) is -6.95. The summed E-state index contributed by atoms with van der Waals surface area (Å²) in [6.07, 6.45) is 2.50. The van der Waals surface area contributed by atoms with Gasteiger partial charge in [-0.1, -0.05) is 70.2 Å². The zero-order valence-corrected chi connectivity index (χ0v) is 22.4. The predicted octanol–water partition coefficient (Wildman–Crippen LogP) is 3.94. The molecule has 2 aliphatic heterocycles. The molecular weight excluding hydrogens is 468 g/mol. The van der Waals surface area contributed by atoms with E-state index in [2.05, 4.69) is 19.9 Å². The molecule has 0 N–H and O–H groups in total. The highest BCUT2D eigenvalue weighted by atomic mass is 32.2. The SMILES string of the molecule is CC(C)C1Cc2c(cccc2CS(=O)(=O)N2Cc3ccccc3C[C@H]2C(C)C)CN1S(C)(=O)=O. The molecule has 8 heteroatoms. The van der Waals surface area contributed by atoms with E-state index in [1.54, 1.807) is 8.61 Å². The van der Waals surface area contributed by atoms with Crippen LogP contribution >= 0.6 is 0 Å². The minimum absolute atomic E-state index is 0.0642. The molecule has 0 aromatic heterocycles. The first-order valence-corrected chi connectivity index (χ1v) is 15.5. The second-order valence-electron chi connectivity index (χ2n) is 10.5. The third-order valence-corrected chi connectivity index (χ3v) is 10.4. The molecule has 0 saturated heterocycles. The summed E-state index contributed by atoms with van der Waals surface area (Å²) in [5.74, 6) is 0.253. The molecule has 0 saturated carbocycles. The molecule has 2 heterocycles. The maximum Gasteiger partial charge on any atom is 0.218 e. The molecule has 0 amide bonds. The molecule has 2 aromatic carbocycles. The van der Waals surface area contributed by atoms with Gasteiger partial charge in [-0.25, -0.2) is 16.8 Å². The number of fused-ring (bicyclic) bond motifs is 2. The fraction of sp³-hybridized carbons (Fsp3) is 0.538. The lowest BCUT2D eigenvalue weighted by Crippen LogP contribution is -2.48. The van der Waals surface area contributed by atoms with Crippen molar-refractivity contribution in [1.29, 1.82) is 0 Å². The van der Waals surface area contributed by atoms with Crippen LogP contribution in [0.5, 0.6) is 0 Å².